The maximum atomic E-state index is 13.5. The summed E-state index contributed by atoms with van der Waals surface area (Å²) in [6.07, 6.45) is 2.81. The van der Waals surface area contributed by atoms with Gasteiger partial charge >= 0.3 is 0 Å². The van der Waals surface area contributed by atoms with Gasteiger partial charge in [0.15, 0.2) is 5.78 Å². The van der Waals surface area contributed by atoms with Crippen molar-refractivity contribution in [3.05, 3.63) is 80.8 Å². The summed E-state index contributed by atoms with van der Waals surface area (Å²) in [5.41, 5.74) is 2.41. The third-order valence-electron chi connectivity index (χ3n) is 6.10. The van der Waals surface area contributed by atoms with Crippen molar-refractivity contribution >= 4 is 46.7 Å². The van der Waals surface area contributed by atoms with Gasteiger partial charge in [0.1, 0.15) is 6.54 Å². The molecule has 0 saturated carbocycles. The molecule has 0 bridgehead atoms. The second-order valence-electron chi connectivity index (χ2n) is 8.47. The number of allylic oxidation sites excluding steroid dienone is 2. The van der Waals surface area contributed by atoms with E-state index in [-0.39, 0.29) is 10.6 Å². The highest BCUT2D eigenvalue weighted by atomic mass is 35.5. The van der Waals surface area contributed by atoms with Crippen LogP contribution in [0.1, 0.15) is 46.0 Å². The van der Waals surface area contributed by atoms with Crippen molar-refractivity contribution in [2.75, 3.05) is 6.54 Å². The zero-order chi connectivity index (χ0) is 23.9. The molecule has 0 N–H and O–H groups in total. The third kappa shape index (κ3) is 4.45. The van der Waals surface area contributed by atoms with Crippen LogP contribution in [-0.4, -0.2) is 40.1 Å². The summed E-state index contributed by atoms with van der Waals surface area (Å²) in [6, 6.07) is 11.2. The average Bonchev–Trinajstić information content (AvgIpc) is 3.01. The summed E-state index contributed by atoms with van der Waals surface area (Å²) in [5.74, 6) is -3.18. The first-order chi connectivity index (χ1) is 15.7. The number of aryl methyl sites for hydroxylation is 1. The molecule has 8 heteroatoms. The van der Waals surface area contributed by atoms with Gasteiger partial charge in [-0.15, -0.1) is 0 Å². The molecule has 2 atom stereocenters. The Morgan fingerprint density at radius 2 is 1.67 bits per heavy atom. The van der Waals surface area contributed by atoms with E-state index in [2.05, 4.69) is 0 Å². The lowest BCUT2D eigenvalue weighted by Crippen LogP contribution is -2.52. The topological polar surface area (TPSA) is 74.8 Å². The molecular weight excluding hydrogens is 463 g/mol. The number of Topliss-reactive ketones (excluding diaryl/α,β-unsaturated/α-hetero) is 1. The van der Waals surface area contributed by atoms with Crippen LogP contribution in [-0.2, 0) is 9.59 Å². The van der Waals surface area contributed by atoms with Crippen LogP contribution in [0.4, 0.5) is 0 Å². The number of fused-ring (bicyclic) bond motifs is 1. The van der Waals surface area contributed by atoms with Crippen molar-refractivity contribution in [3.63, 3.8) is 0 Å². The highest BCUT2D eigenvalue weighted by Crippen LogP contribution is 2.39. The molecule has 0 spiro atoms. The predicted molar refractivity (Wildman–Crippen MR) is 125 cm³/mol. The first-order valence-electron chi connectivity index (χ1n) is 10.6. The van der Waals surface area contributed by atoms with E-state index in [0.717, 1.165) is 21.2 Å². The standard InChI is InChI=1S/C25H22Cl2N2O4/c1-14-3-6-16(7-4-14)22(30)13-28(23(31)19-10-8-17(26)12-21(19)27)29-24(32)18-9-5-15(2)11-20(18)25(29)33/h3-8,10,12,18,20H,9,11,13H2,1-2H3/t18-,20+/m1/s1. The molecule has 6 nitrogen and oxygen atoms in total. The Kier molecular flexibility index (Phi) is 6.41. The lowest BCUT2D eigenvalue weighted by atomic mass is 9.82. The van der Waals surface area contributed by atoms with Crippen LogP contribution in [0.15, 0.2) is 54.1 Å². The number of hydrogen-bond donors (Lipinski definition) is 0. The Morgan fingerprint density at radius 1 is 1.00 bits per heavy atom. The van der Waals surface area contributed by atoms with Crippen molar-refractivity contribution in [3.8, 4) is 0 Å². The van der Waals surface area contributed by atoms with E-state index in [1.165, 1.54) is 18.2 Å². The minimum Gasteiger partial charge on any atom is -0.292 e. The highest BCUT2D eigenvalue weighted by Gasteiger charge is 2.51. The third-order valence-corrected chi connectivity index (χ3v) is 6.65. The van der Waals surface area contributed by atoms with Gasteiger partial charge in [-0.2, -0.15) is 5.01 Å². The minimum absolute atomic E-state index is 0.0440. The van der Waals surface area contributed by atoms with Gasteiger partial charge in [-0.05, 0) is 44.9 Å². The Bertz CT molecular complexity index is 1190. The maximum Gasteiger partial charge on any atom is 0.274 e. The number of hydrogen-bond acceptors (Lipinski definition) is 4. The van der Waals surface area contributed by atoms with Crippen molar-refractivity contribution in [1.29, 1.82) is 0 Å². The monoisotopic (exact) mass is 484 g/mol. The number of amides is 3. The van der Waals surface area contributed by atoms with E-state index in [4.69, 9.17) is 23.2 Å². The van der Waals surface area contributed by atoms with Crippen LogP contribution in [0, 0.1) is 18.8 Å². The fourth-order valence-electron chi connectivity index (χ4n) is 4.26. The van der Waals surface area contributed by atoms with Gasteiger partial charge in [0, 0.05) is 10.6 Å². The smallest absolute Gasteiger partial charge is 0.274 e. The number of nitrogens with zero attached hydrogens (tertiary/aromatic N) is 2. The van der Waals surface area contributed by atoms with E-state index < -0.39 is 41.9 Å². The largest absolute Gasteiger partial charge is 0.292 e. The normalized spacial score (nSPS) is 19.9. The molecule has 2 aromatic rings. The number of rotatable bonds is 5. The van der Waals surface area contributed by atoms with E-state index in [1.54, 1.807) is 24.3 Å². The number of halogens is 2. The van der Waals surface area contributed by atoms with Gasteiger partial charge in [-0.25, -0.2) is 5.01 Å². The number of imide groups is 1. The molecular formula is C25H22Cl2N2O4. The molecule has 1 aliphatic carbocycles. The van der Waals surface area contributed by atoms with Gasteiger partial charge in [-0.3, -0.25) is 19.2 Å². The van der Waals surface area contributed by atoms with Crippen LogP contribution in [0.2, 0.25) is 10.0 Å². The van der Waals surface area contributed by atoms with Gasteiger partial charge in [0.25, 0.3) is 17.7 Å². The average molecular weight is 485 g/mol. The van der Waals surface area contributed by atoms with E-state index >= 15 is 0 Å². The summed E-state index contributed by atoms with van der Waals surface area (Å²) in [6.45, 7) is 3.32. The molecule has 2 aromatic carbocycles. The molecule has 3 amide bonds. The number of carbonyl (C=O) groups excluding carboxylic acids is 4. The molecule has 1 heterocycles. The Morgan fingerprint density at radius 3 is 2.33 bits per heavy atom. The first kappa shape index (κ1) is 23.2. The predicted octanol–water partition coefficient (Wildman–Crippen LogP) is 4.88. The molecule has 33 heavy (non-hydrogen) atoms. The van der Waals surface area contributed by atoms with Crippen molar-refractivity contribution in [2.24, 2.45) is 11.8 Å². The van der Waals surface area contributed by atoms with Crippen molar-refractivity contribution < 1.29 is 19.2 Å². The zero-order valence-electron chi connectivity index (χ0n) is 18.2. The summed E-state index contributed by atoms with van der Waals surface area (Å²) in [7, 11) is 0. The zero-order valence-corrected chi connectivity index (χ0v) is 19.7. The van der Waals surface area contributed by atoms with Gasteiger partial charge in [0.05, 0.1) is 22.4 Å². The molecule has 170 valence electrons. The molecule has 2 aliphatic rings. The number of hydrazine groups is 1. The van der Waals surface area contributed by atoms with E-state index in [9.17, 15) is 19.2 Å². The maximum absolute atomic E-state index is 13.5. The lowest BCUT2D eigenvalue weighted by Gasteiger charge is -2.30. The molecule has 1 saturated heterocycles. The second kappa shape index (κ2) is 9.12. The minimum atomic E-state index is -0.720. The highest BCUT2D eigenvalue weighted by molar-refractivity contribution is 6.36. The SMILES string of the molecule is CC1=CC[C@H]2C(=O)N(N(CC(=O)c3ccc(C)cc3)C(=O)c3ccc(Cl)cc3Cl)C(=O)[C@H]2C1. The molecule has 0 unspecified atom stereocenters. The Hall–Kier alpha value is -2.96. The van der Waals surface area contributed by atoms with Crippen LogP contribution in [0.25, 0.3) is 0 Å². The van der Waals surface area contributed by atoms with E-state index in [0.29, 0.717) is 23.4 Å². The molecule has 1 aliphatic heterocycles. The van der Waals surface area contributed by atoms with Crippen LogP contribution in [0.5, 0.6) is 0 Å². The van der Waals surface area contributed by atoms with Gasteiger partial charge < -0.3 is 0 Å². The van der Waals surface area contributed by atoms with Crippen molar-refractivity contribution in [1.82, 2.24) is 10.0 Å². The Balaban J connectivity index is 1.72. The fourth-order valence-corrected chi connectivity index (χ4v) is 4.75. The van der Waals surface area contributed by atoms with Crippen LogP contribution >= 0.6 is 23.2 Å². The number of ketones is 1. The number of carbonyl (C=O) groups is 4. The van der Waals surface area contributed by atoms with Gasteiger partial charge in [-0.1, -0.05) is 64.7 Å². The van der Waals surface area contributed by atoms with Gasteiger partial charge in [0.2, 0.25) is 0 Å². The first-order valence-corrected chi connectivity index (χ1v) is 11.3. The lowest BCUT2D eigenvalue weighted by molar-refractivity contribution is -0.154. The van der Waals surface area contributed by atoms with Crippen LogP contribution in [0.3, 0.4) is 0 Å². The Labute approximate surface area is 201 Å². The molecule has 0 radical (unpaired) electrons. The van der Waals surface area contributed by atoms with E-state index in [1.807, 2.05) is 19.9 Å². The number of benzene rings is 2. The molecule has 4 rings (SSSR count). The molecule has 0 aromatic heterocycles. The summed E-state index contributed by atoms with van der Waals surface area (Å²) in [4.78, 5) is 53.1. The van der Waals surface area contributed by atoms with Crippen LogP contribution < -0.4 is 0 Å². The fraction of sp³-hybridized carbons (Fsp3) is 0.280. The summed E-state index contributed by atoms with van der Waals surface area (Å²) >= 11 is 12.2. The van der Waals surface area contributed by atoms with Crippen molar-refractivity contribution in [2.45, 2.75) is 26.7 Å². The summed E-state index contributed by atoms with van der Waals surface area (Å²) in [5, 5.41) is 2.17. The second-order valence-corrected chi connectivity index (χ2v) is 9.31. The molecule has 1 fully saturated rings. The quantitative estimate of drug-likeness (QED) is 0.344. The summed E-state index contributed by atoms with van der Waals surface area (Å²) < 4.78 is 0.